The standard InChI is InChI=1S/C18H18F2N6O4/c19-14(20)17(28)24-23-16(27)11-6-4-10(5-7-11)9-26(22)25-15(21)12-2-1-3-13(8-12)18(29)30/h1-8,14H,9,22H2,(H2,21,25)(H,23,27)(H,24,28)(H,29,30). The zero-order valence-electron chi connectivity index (χ0n) is 15.4. The number of alkyl halides is 2. The third-order valence-electron chi connectivity index (χ3n) is 3.70. The summed E-state index contributed by atoms with van der Waals surface area (Å²) in [6.45, 7) is 0.101. The molecule has 0 bridgehead atoms. The Hall–Kier alpha value is -4.06. The molecule has 0 saturated heterocycles. The summed E-state index contributed by atoms with van der Waals surface area (Å²) in [6.07, 6.45) is -3.25. The summed E-state index contributed by atoms with van der Waals surface area (Å²) in [5.41, 5.74) is 10.5. The number of benzene rings is 2. The van der Waals surface area contributed by atoms with Gasteiger partial charge in [-0.3, -0.25) is 20.4 Å². The number of aromatic carboxylic acids is 1. The SMILES string of the molecule is N/C(=N\N(N)Cc1ccc(C(=O)NNC(=O)C(F)F)cc1)c1cccc(C(=O)O)c1. The summed E-state index contributed by atoms with van der Waals surface area (Å²) in [5.74, 6) is 2.30. The second-order valence-corrected chi connectivity index (χ2v) is 5.91. The van der Waals surface area contributed by atoms with E-state index in [-0.39, 0.29) is 23.5 Å². The van der Waals surface area contributed by atoms with Crippen molar-refractivity contribution in [3.8, 4) is 0 Å². The number of carboxylic acid groups (broad SMARTS) is 1. The zero-order valence-corrected chi connectivity index (χ0v) is 15.4. The van der Waals surface area contributed by atoms with E-state index < -0.39 is 24.2 Å². The predicted octanol–water partition coefficient (Wildman–Crippen LogP) is 0.407. The second-order valence-electron chi connectivity index (χ2n) is 5.91. The van der Waals surface area contributed by atoms with Crippen LogP contribution in [0.2, 0.25) is 0 Å². The Bertz CT molecular complexity index is 965. The van der Waals surface area contributed by atoms with Crippen molar-refractivity contribution >= 4 is 23.6 Å². The van der Waals surface area contributed by atoms with E-state index in [9.17, 15) is 23.2 Å². The van der Waals surface area contributed by atoms with Gasteiger partial charge in [0.1, 0.15) is 0 Å². The normalized spacial score (nSPS) is 11.1. The van der Waals surface area contributed by atoms with E-state index in [0.29, 0.717) is 11.1 Å². The van der Waals surface area contributed by atoms with Crippen LogP contribution in [0.3, 0.4) is 0 Å². The topological polar surface area (TPSA) is 163 Å². The Morgan fingerprint density at radius 1 is 1.03 bits per heavy atom. The number of halogens is 2. The van der Waals surface area contributed by atoms with Gasteiger partial charge in [-0.1, -0.05) is 24.3 Å². The fourth-order valence-corrected chi connectivity index (χ4v) is 2.24. The molecule has 30 heavy (non-hydrogen) atoms. The fraction of sp³-hybridized carbons (Fsp3) is 0.111. The Kier molecular flexibility index (Phi) is 7.36. The third kappa shape index (κ3) is 6.24. The minimum absolute atomic E-state index is 0.00590. The number of amides is 2. The molecular formula is C18H18F2N6O4. The van der Waals surface area contributed by atoms with E-state index >= 15 is 0 Å². The molecule has 0 aromatic heterocycles. The summed E-state index contributed by atoms with van der Waals surface area (Å²) in [5, 5.41) is 14.0. The molecule has 0 heterocycles. The number of nitrogens with two attached hydrogens (primary N) is 2. The number of nitrogens with one attached hydrogen (secondary N) is 2. The molecule has 0 aliphatic heterocycles. The monoisotopic (exact) mass is 420 g/mol. The maximum Gasteiger partial charge on any atom is 0.335 e. The van der Waals surface area contributed by atoms with Gasteiger partial charge in [-0.2, -0.15) is 8.78 Å². The lowest BCUT2D eigenvalue weighted by Crippen LogP contribution is -2.44. The molecule has 2 rings (SSSR count). The molecule has 12 heteroatoms. The predicted molar refractivity (Wildman–Crippen MR) is 102 cm³/mol. The van der Waals surface area contributed by atoms with Crippen LogP contribution in [0.25, 0.3) is 0 Å². The van der Waals surface area contributed by atoms with Crippen LogP contribution in [-0.2, 0) is 11.3 Å². The quantitative estimate of drug-likeness (QED) is 0.187. The lowest BCUT2D eigenvalue weighted by molar-refractivity contribution is -0.132. The van der Waals surface area contributed by atoms with Gasteiger partial charge in [0, 0.05) is 11.1 Å². The van der Waals surface area contributed by atoms with Gasteiger partial charge in [-0.05, 0) is 29.8 Å². The summed E-state index contributed by atoms with van der Waals surface area (Å²) in [6, 6.07) is 11.8. The van der Waals surface area contributed by atoms with Crippen LogP contribution in [0, 0.1) is 0 Å². The van der Waals surface area contributed by atoms with Crippen LogP contribution in [0.1, 0.15) is 31.8 Å². The molecule has 0 spiro atoms. The molecular weight excluding hydrogens is 402 g/mol. The van der Waals surface area contributed by atoms with Gasteiger partial charge in [0.25, 0.3) is 5.91 Å². The number of carbonyl (C=O) groups excluding carboxylic acids is 2. The van der Waals surface area contributed by atoms with Crippen molar-refractivity contribution in [3.63, 3.8) is 0 Å². The number of hydrogen-bond donors (Lipinski definition) is 5. The maximum atomic E-state index is 12.1. The highest BCUT2D eigenvalue weighted by Crippen LogP contribution is 2.08. The van der Waals surface area contributed by atoms with E-state index in [1.807, 2.05) is 5.43 Å². The van der Waals surface area contributed by atoms with Gasteiger partial charge in [0.2, 0.25) is 0 Å². The molecule has 0 radical (unpaired) electrons. The van der Waals surface area contributed by atoms with Crippen molar-refractivity contribution in [2.75, 3.05) is 0 Å². The zero-order chi connectivity index (χ0) is 22.3. The number of hydrogen-bond acceptors (Lipinski definition) is 6. The van der Waals surface area contributed by atoms with Crippen molar-refractivity contribution in [1.82, 2.24) is 16.0 Å². The van der Waals surface area contributed by atoms with Gasteiger partial charge in [-0.15, -0.1) is 5.10 Å². The Labute approximate surface area is 169 Å². The minimum Gasteiger partial charge on any atom is -0.478 e. The summed E-state index contributed by atoms with van der Waals surface area (Å²) in [4.78, 5) is 33.6. The highest BCUT2D eigenvalue weighted by molar-refractivity contribution is 5.99. The average molecular weight is 420 g/mol. The van der Waals surface area contributed by atoms with Crippen LogP contribution in [0.15, 0.2) is 53.6 Å². The smallest absolute Gasteiger partial charge is 0.335 e. The minimum atomic E-state index is -3.25. The molecule has 0 unspecified atom stereocenters. The molecule has 0 fully saturated rings. The maximum absolute atomic E-state index is 12.1. The molecule has 158 valence electrons. The first-order valence-corrected chi connectivity index (χ1v) is 8.34. The molecule has 0 aliphatic carbocycles. The van der Waals surface area contributed by atoms with Gasteiger partial charge < -0.3 is 10.8 Å². The highest BCUT2D eigenvalue weighted by atomic mass is 19.3. The molecule has 2 aromatic carbocycles. The number of amidine groups is 1. The summed E-state index contributed by atoms with van der Waals surface area (Å²) < 4.78 is 24.2. The summed E-state index contributed by atoms with van der Waals surface area (Å²) in [7, 11) is 0. The van der Waals surface area contributed by atoms with Gasteiger partial charge >= 0.3 is 18.3 Å². The van der Waals surface area contributed by atoms with E-state index in [1.54, 1.807) is 23.6 Å². The second kappa shape index (κ2) is 9.93. The number of carbonyl (C=O) groups is 3. The van der Waals surface area contributed by atoms with E-state index in [0.717, 1.165) is 5.12 Å². The van der Waals surface area contributed by atoms with Gasteiger partial charge in [0.15, 0.2) is 5.84 Å². The van der Waals surface area contributed by atoms with Crippen molar-refractivity contribution in [2.24, 2.45) is 16.7 Å². The van der Waals surface area contributed by atoms with Crippen LogP contribution >= 0.6 is 0 Å². The van der Waals surface area contributed by atoms with Crippen LogP contribution in [-0.4, -0.2) is 40.3 Å². The molecule has 7 N–H and O–H groups in total. The highest BCUT2D eigenvalue weighted by Gasteiger charge is 2.16. The number of nitrogens with zero attached hydrogens (tertiary/aromatic N) is 2. The van der Waals surface area contributed by atoms with Crippen molar-refractivity contribution in [1.29, 1.82) is 0 Å². The number of hydrazone groups is 1. The Balaban J connectivity index is 1.98. The lowest BCUT2D eigenvalue weighted by Gasteiger charge is -2.14. The fourth-order valence-electron chi connectivity index (χ4n) is 2.24. The first kappa shape index (κ1) is 22.2. The van der Waals surface area contributed by atoms with E-state index in [1.165, 1.54) is 30.3 Å². The Morgan fingerprint density at radius 2 is 1.67 bits per heavy atom. The first-order valence-electron chi connectivity index (χ1n) is 8.34. The van der Waals surface area contributed by atoms with Crippen LogP contribution in [0.4, 0.5) is 8.78 Å². The third-order valence-corrected chi connectivity index (χ3v) is 3.70. The van der Waals surface area contributed by atoms with E-state index in [2.05, 4.69) is 5.10 Å². The number of carboxylic acids is 1. The lowest BCUT2D eigenvalue weighted by atomic mass is 10.1. The molecule has 2 aromatic rings. The number of rotatable bonds is 7. The molecule has 10 nitrogen and oxygen atoms in total. The van der Waals surface area contributed by atoms with Crippen molar-refractivity contribution in [3.05, 3.63) is 70.8 Å². The first-order chi connectivity index (χ1) is 14.2. The Morgan fingerprint density at radius 3 is 2.27 bits per heavy atom. The largest absolute Gasteiger partial charge is 0.478 e. The molecule has 0 aliphatic rings. The summed E-state index contributed by atoms with van der Waals surface area (Å²) >= 11 is 0. The van der Waals surface area contributed by atoms with Crippen LogP contribution < -0.4 is 22.4 Å². The van der Waals surface area contributed by atoms with Crippen LogP contribution in [0.5, 0.6) is 0 Å². The molecule has 0 saturated carbocycles. The van der Waals surface area contributed by atoms with Crippen molar-refractivity contribution in [2.45, 2.75) is 13.0 Å². The average Bonchev–Trinajstić information content (AvgIpc) is 2.72. The van der Waals surface area contributed by atoms with Crippen molar-refractivity contribution < 1.29 is 28.3 Å². The van der Waals surface area contributed by atoms with Gasteiger partial charge in [-0.25, -0.2) is 15.8 Å². The van der Waals surface area contributed by atoms with Gasteiger partial charge in [0.05, 0.1) is 12.1 Å². The van der Waals surface area contributed by atoms with E-state index in [4.69, 9.17) is 16.7 Å². The number of hydrazine groups is 2. The molecule has 0 atom stereocenters. The molecule has 2 amide bonds.